The van der Waals surface area contributed by atoms with Gasteiger partial charge in [0.05, 0.1) is 16.7 Å². The number of halogens is 1. The average molecular weight is 443 g/mol. The maximum Gasteiger partial charge on any atom is 0.266 e. The van der Waals surface area contributed by atoms with Gasteiger partial charge in [-0.15, -0.1) is 0 Å². The van der Waals surface area contributed by atoms with Crippen LogP contribution >= 0.6 is 35.6 Å². The van der Waals surface area contributed by atoms with Crippen LogP contribution in [0.2, 0.25) is 5.02 Å². The number of rotatable bonds is 5. The van der Waals surface area contributed by atoms with Crippen LogP contribution in [0, 0.1) is 0 Å². The van der Waals surface area contributed by atoms with Crippen molar-refractivity contribution in [2.24, 2.45) is 0 Å². The van der Waals surface area contributed by atoms with Crippen molar-refractivity contribution in [2.45, 2.75) is 12.5 Å². The molecule has 27 heavy (non-hydrogen) atoms. The van der Waals surface area contributed by atoms with Gasteiger partial charge in [0.2, 0.25) is 5.91 Å². The summed E-state index contributed by atoms with van der Waals surface area (Å²) in [6.45, 7) is 0.132. The van der Waals surface area contributed by atoms with Crippen molar-refractivity contribution >= 4 is 67.6 Å². The van der Waals surface area contributed by atoms with Gasteiger partial charge < -0.3 is 5.32 Å². The number of nitrogens with one attached hydrogen (secondary N) is 1. The van der Waals surface area contributed by atoms with E-state index in [2.05, 4.69) is 5.32 Å². The molecule has 1 aromatic carbocycles. The number of sulfone groups is 1. The summed E-state index contributed by atoms with van der Waals surface area (Å²) in [5.41, 5.74) is 0.787. The Balaban J connectivity index is 1.58. The van der Waals surface area contributed by atoms with E-state index in [1.807, 2.05) is 6.07 Å². The first-order valence-electron chi connectivity index (χ1n) is 7.95. The molecule has 2 amide bonds. The molecule has 0 bridgehead atoms. The maximum absolute atomic E-state index is 12.5. The molecule has 0 spiro atoms. The van der Waals surface area contributed by atoms with E-state index in [-0.39, 0.29) is 30.5 Å². The molecule has 3 rings (SSSR count). The van der Waals surface area contributed by atoms with E-state index >= 15 is 0 Å². The lowest BCUT2D eigenvalue weighted by molar-refractivity contribution is -0.124. The Bertz CT molecular complexity index is 972. The van der Waals surface area contributed by atoms with Crippen molar-refractivity contribution in [3.63, 3.8) is 0 Å². The van der Waals surface area contributed by atoms with Gasteiger partial charge in [0.25, 0.3) is 5.91 Å². The van der Waals surface area contributed by atoms with Gasteiger partial charge >= 0.3 is 0 Å². The third-order valence-electron chi connectivity index (χ3n) is 3.86. The second-order valence-electron chi connectivity index (χ2n) is 5.97. The van der Waals surface area contributed by atoms with Crippen LogP contribution in [-0.2, 0) is 19.4 Å². The van der Waals surface area contributed by atoms with E-state index in [1.54, 1.807) is 24.3 Å². The first-order valence-corrected chi connectivity index (χ1v) is 11.3. The summed E-state index contributed by atoms with van der Waals surface area (Å²) in [5.74, 6) is -0.738. The van der Waals surface area contributed by atoms with Gasteiger partial charge in [0.15, 0.2) is 9.84 Å². The summed E-state index contributed by atoms with van der Waals surface area (Å²) >= 11 is 12.4. The average Bonchev–Trinajstić information content (AvgIpc) is 3.05. The Morgan fingerprint density at radius 3 is 2.89 bits per heavy atom. The largest absolute Gasteiger partial charge is 0.349 e. The van der Waals surface area contributed by atoms with E-state index < -0.39 is 15.9 Å². The highest BCUT2D eigenvalue weighted by molar-refractivity contribution is 8.26. The Morgan fingerprint density at radius 2 is 2.22 bits per heavy atom. The molecule has 1 saturated heterocycles. The molecule has 142 valence electrons. The lowest BCUT2D eigenvalue weighted by Gasteiger charge is -2.15. The van der Waals surface area contributed by atoms with Crippen LogP contribution in [0.1, 0.15) is 12.0 Å². The van der Waals surface area contributed by atoms with Crippen LogP contribution in [0.4, 0.5) is 0 Å². The highest BCUT2D eigenvalue weighted by Crippen LogP contribution is 2.32. The molecule has 0 saturated carbocycles. The third-order valence-corrected chi connectivity index (χ3v) is 6.87. The fourth-order valence-corrected chi connectivity index (χ4v) is 5.34. The molecule has 10 heteroatoms. The maximum atomic E-state index is 12.5. The molecular formula is C17H15ClN2O4S3. The molecule has 0 aromatic heterocycles. The minimum atomic E-state index is -3.23. The third kappa shape index (κ3) is 5.19. The summed E-state index contributed by atoms with van der Waals surface area (Å²) in [4.78, 5) is 26.4. The predicted molar refractivity (Wildman–Crippen MR) is 111 cm³/mol. The topological polar surface area (TPSA) is 83.6 Å². The van der Waals surface area contributed by atoms with Crippen LogP contribution in [0.3, 0.4) is 0 Å². The molecular weight excluding hydrogens is 428 g/mol. The summed E-state index contributed by atoms with van der Waals surface area (Å²) < 4.78 is 23.1. The number of hydrogen-bond acceptors (Lipinski definition) is 6. The van der Waals surface area contributed by atoms with Crippen LogP contribution in [0.5, 0.6) is 0 Å². The Morgan fingerprint density at radius 1 is 1.44 bits per heavy atom. The summed E-state index contributed by atoms with van der Waals surface area (Å²) in [6.07, 6.45) is 3.18. The lowest BCUT2D eigenvalue weighted by Crippen LogP contribution is -2.38. The first-order chi connectivity index (χ1) is 12.7. The van der Waals surface area contributed by atoms with Crippen LogP contribution in [0.25, 0.3) is 6.08 Å². The van der Waals surface area contributed by atoms with E-state index in [1.165, 1.54) is 22.7 Å². The van der Waals surface area contributed by atoms with Crippen LogP contribution in [0.15, 0.2) is 40.7 Å². The highest BCUT2D eigenvalue weighted by Gasteiger charge is 2.32. The number of benzene rings is 1. The smallest absolute Gasteiger partial charge is 0.266 e. The monoisotopic (exact) mass is 442 g/mol. The van der Waals surface area contributed by atoms with Crippen molar-refractivity contribution in [1.29, 1.82) is 0 Å². The Kier molecular flexibility index (Phi) is 6.05. The number of nitrogens with zero attached hydrogens (tertiary/aromatic N) is 1. The summed E-state index contributed by atoms with van der Waals surface area (Å²) in [6, 6.07) is 6.57. The number of hydrogen-bond donors (Lipinski definition) is 1. The number of carbonyl (C=O) groups is 2. The molecule has 2 heterocycles. The second-order valence-corrected chi connectivity index (χ2v) is 10.0. The number of carbonyl (C=O) groups excluding carboxylic acids is 2. The van der Waals surface area contributed by atoms with Crippen molar-refractivity contribution in [1.82, 2.24) is 10.2 Å². The minimum Gasteiger partial charge on any atom is -0.349 e. The molecule has 1 atom stereocenters. The zero-order chi connectivity index (χ0) is 19.6. The number of amides is 2. The van der Waals surface area contributed by atoms with Crippen molar-refractivity contribution < 1.29 is 18.0 Å². The summed E-state index contributed by atoms with van der Waals surface area (Å²) in [5, 5.41) is 4.29. The molecule has 1 N–H and O–H groups in total. The Hall–Kier alpha value is -1.68. The zero-order valence-electron chi connectivity index (χ0n) is 13.9. The van der Waals surface area contributed by atoms with Gasteiger partial charge in [-0.3, -0.25) is 14.5 Å². The standard InChI is InChI=1S/C17H15ClN2O4S3/c18-12-3-1-2-11(8-12)9-14-16(22)20(17(25)26-14)6-4-15(21)19-13-5-7-27(23,24)10-13/h1-3,5,7-9,13H,4,6,10H2,(H,19,21). The molecule has 6 nitrogen and oxygen atoms in total. The number of thioether (sulfide) groups is 1. The summed E-state index contributed by atoms with van der Waals surface area (Å²) in [7, 11) is -3.23. The van der Waals surface area contributed by atoms with Gasteiger partial charge in [-0.05, 0) is 29.8 Å². The second kappa shape index (κ2) is 8.14. The lowest BCUT2D eigenvalue weighted by atomic mass is 10.2. The van der Waals surface area contributed by atoms with Crippen LogP contribution < -0.4 is 5.32 Å². The zero-order valence-corrected chi connectivity index (χ0v) is 17.1. The first kappa shape index (κ1) is 20.1. The molecule has 1 aromatic rings. The van der Waals surface area contributed by atoms with Gasteiger partial charge in [-0.25, -0.2) is 8.42 Å². The van der Waals surface area contributed by atoms with Gasteiger partial charge in [0, 0.05) is 23.4 Å². The Labute approximate surface area is 171 Å². The highest BCUT2D eigenvalue weighted by atomic mass is 35.5. The number of thiocarbonyl (C=S) groups is 1. The van der Waals surface area contributed by atoms with E-state index in [0.717, 1.165) is 11.0 Å². The fourth-order valence-electron chi connectivity index (χ4n) is 2.60. The van der Waals surface area contributed by atoms with Crippen LogP contribution in [-0.4, -0.2) is 47.8 Å². The van der Waals surface area contributed by atoms with Gasteiger partial charge in [-0.2, -0.15) is 0 Å². The van der Waals surface area contributed by atoms with E-state index in [9.17, 15) is 18.0 Å². The fraction of sp³-hybridized carbons (Fsp3) is 0.235. The molecule has 1 fully saturated rings. The quantitative estimate of drug-likeness (QED) is 0.556. The minimum absolute atomic E-state index is 0.0290. The molecule has 2 aliphatic heterocycles. The normalized spacial score (nSPS) is 22.6. The van der Waals surface area contributed by atoms with Crippen molar-refractivity contribution in [3.05, 3.63) is 51.2 Å². The van der Waals surface area contributed by atoms with Crippen molar-refractivity contribution in [2.75, 3.05) is 12.3 Å². The van der Waals surface area contributed by atoms with E-state index in [4.69, 9.17) is 23.8 Å². The van der Waals surface area contributed by atoms with Gasteiger partial charge in [0.1, 0.15) is 4.32 Å². The molecule has 2 aliphatic rings. The van der Waals surface area contributed by atoms with Gasteiger partial charge in [-0.1, -0.05) is 47.7 Å². The van der Waals surface area contributed by atoms with E-state index in [0.29, 0.717) is 14.2 Å². The SMILES string of the molecule is O=C(CCN1C(=O)C(=Cc2cccc(Cl)c2)SC1=S)NC1C=CS(=O)(=O)C1. The molecule has 0 aliphatic carbocycles. The van der Waals surface area contributed by atoms with Crippen molar-refractivity contribution in [3.8, 4) is 0 Å². The molecule has 1 unspecified atom stereocenters. The molecule has 0 radical (unpaired) electrons. The predicted octanol–water partition coefficient (Wildman–Crippen LogP) is 2.36.